The molecule has 1 saturated heterocycles. The molecule has 7 nitrogen and oxygen atoms in total. The van der Waals surface area contributed by atoms with Crippen LogP contribution in [0.4, 0.5) is 0 Å². The minimum absolute atomic E-state index is 0.0871. The van der Waals surface area contributed by atoms with Gasteiger partial charge in [-0.05, 0) is 31.8 Å². The highest BCUT2D eigenvalue weighted by Crippen LogP contribution is 2.13. The van der Waals surface area contributed by atoms with E-state index in [1.165, 1.54) is 6.39 Å². The molecule has 2 N–H and O–H groups in total. The molecule has 2 rings (SSSR count). The maximum absolute atomic E-state index is 11.8. The van der Waals surface area contributed by atoms with Gasteiger partial charge in [0.1, 0.15) is 0 Å². The molecule has 0 amide bonds. The molecule has 1 aliphatic heterocycles. The van der Waals surface area contributed by atoms with Gasteiger partial charge in [-0.3, -0.25) is 0 Å². The van der Waals surface area contributed by atoms with Crippen LogP contribution in [0, 0.1) is 5.92 Å². The Hall–Kier alpha value is -0.990. The van der Waals surface area contributed by atoms with E-state index in [1.807, 2.05) is 0 Å². The maximum atomic E-state index is 11.8. The van der Waals surface area contributed by atoms with Crippen molar-refractivity contribution in [3.8, 4) is 0 Å². The van der Waals surface area contributed by atoms with E-state index in [0.29, 0.717) is 5.82 Å². The van der Waals surface area contributed by atoms with Crippen LogP contribution in [-0.4, -0.2) is 37.4 Å². The van der Waals surface area contributed by atoms with Crippen molar-refractivity contribution in [1.82, 2.24) is 20.2 Å². The van der Waals surface area contributed by atoms with Crippen molar-refractivity contribution in [3.05, 3.63) is 12.2 Å². The zero-order chi connectivity index (χ0) is 12.1. The lowest BCUT2D eigenvalue weighted by atomic mass is 10.0. The molecular weight excluding hydrogens is 244 g/mol. The second kappa shape index (κ2) is 5.56. The summed E-state index contributed by atoms with van der Waals surface area (Å²) in [6.45, 7) is 1.87. The van der Waals surface area contributed by atoms with Crippen LogP contribution >= 0.6 is 0 Å². The highest BCUT2D eigenvalue weighted by atomic mass is 32.2. The number of nitrogens with one attached hydrogen (secondary N) is 2. The van der Waals surface area contributed by atoms with Crippen LogP contribution in [0.1, 0.15) is 18.7 Å². The summed E-state index contributed by atoms with van der Waals surface area (Å²) >= 11 is 0. The van der Waals surface area contributed by atoms with Gasteiger partial charge in [-0.2, -0.15) is 4.98 Å². The van der Waals surface area contributed by atoms with Crippen molar-refractivity contribution >= 4 is 10.0 Å². The lowest BCUT2D eigenvalue weighted by Gasteiger charge is -2.22. The molecule has 0 bridgehead atoms. The van der Waals surface area contributed by atoms with Gasteiger partial charge in [0.15, 0.2) is 5.82 Å². The van der Waals surface area contributed by atoms with Crippen molar-refractivity contribution in [2.24, 2.45) is 5.92 Å². The molecule has 1 fully saturated rings. The SMILES string of the molecule is O=S(=O)(CC1CCNCC1)NCc1ncon1. The third-order valence-corrected chi connectivity index (χ3v) is 4.27. The molecule has 0 spiro atoms. The Bertz CT molecular complexity index is 425. The van der Waals surface area contributed by atoms with E-state index in [9.17, 15) is 8.42 Å². The first-order valence-electron chi connectivity index (χ1n) is 5.59. The van der Waals surface area contributed by atoms with Crippen molar-refractivity contribution < 1.29 is 12.9 Å². The molecule has 1 aromatic heterocycles. The van der Waals surface area contributed by atoms with Crippen LogP contribution in [0.15, 0.2) is 10.9 Å². The Morgan fingerprint density at radius 3 is 2.88 bits per heavy atom. The fraction of sp³-hybridized carbons (Fsp3) is 0.778. The number of nitrogens with zero attached hydrogens (tertiary/aromatic N) is 2. The predicted molar refractivity (Wildman–Crippen MR) is 60.5 cm³/mol. The fourth-order valence-corrected chi connectivity index (χ4v) is 3.28. The Morgan fingerprint density at radius 2 is 2.24 bits per heavy atom. The lowest BCUT2D eigenvalue weighted by Crippen LogP contribution is -2.35. The smallest absolute Gasteiger partial charge is 0.213 e. The summed E-state index contributed by atoms with van der Waals surface area (Å²) in [4.78, 5) is 3.75. The number of sulfonamides is 1. The van der Waals surface area contributed by atoms with E-state index < -0.39 is 10.0 Å². The molecule has 0 aromatic carbocycles. The average Bonchev–Trinajstić information content (AvgIpc) is 2.80. The Balaban J connectivity index is 1.81. The van der Waals surface area contributed by atoms with E-state index in [0.717, 1.165) is 25.9 Å². The second-order valence-corrected chi connectivity index (χ2v) is 5.99. The van der Waals surface area contributed by atoms with E-state index in [1.54, 1.807) is 0 Å². The summed E-state index contributed by atoms with van der Waals surface area (Å²) in [6.07, 6.45) is 2.99. The molecule has 17 heavy (non-hydrogen) atoms. The Kier molecular flexibility index (Phi) is 4.08. The largest absolute Gasteiger partial charge is 0.343 e. The van der Waals surface area contributed by atoms with Gasteiger partial charge in [0.05, 0.1) is 12.3 Å². The number of rotatable bonds is 5. The first-order valence-corrected chi connectivity index (χ1v) is 7.24. The highest BCUT2D eigenvalue weighted by Gasteiger charge is 2.21. The van der Waals surface area contributed by atoms with Crippen LogP contribution in [0.2, 0.25) is 0 Å². The number of aromatic nitrogens is 2. The van der Waals surface area contributed by atoms with Crippen LogP contribution in [0.3, 0.4) is 0 Å². The molecule has 1 aliphatic rings. The van der Waals surface area contributed by atoms with Crippen LogP contribution in [-0.2, 0) is 16.6 Å². The van der Waals surface area contributed by atoms with Crippen LogP contribution in [0.25, 0.3) is 0 Å². The summed E-state index contributed by atoms with van der Waals surface area (Å²) in [7, 11) is -3.26. The van der Waals surface area contributed by atoms with Gasteiger partial charge in [-0.25, -0.2) is 13.1 Å². The average molecular weight is 260 g/mol. The van der Waals surface area contributed by atoms with Crippen molar-refractivity contribution in [1.29, 1.82) is 0 Å². The quantitative estimate of drug-likeness (QED) is 0.740. The summed E-state index contributed by atoms with van der Waals surface area (Å²) in [6, 6.07) is 0. The maximum Gasteiger partial charge on any atom is 0.213 e. The molecule has 1 aromatic rings. The first-order chi connectivity index (χ1) is 8.16. The molecule has 96 valence electrons. The topological polar surface area (TPSA) is 97.1 Å². The van der Waals surface area contributed by atoms with Crippen molar-refractivity contribution in [3.63, 3.8) is 0 Å². The van der Waals surface area contributed by atoms with Gasteiger partial charge in [-0.1, -0.05) is 5.16 Å². The minimum atomic E-state index is -3.26. The molecule has 0 aliphatic carbocycles. The molecule has 8 heteroatoms. The standard InChI is InChI=1S/C9H16N4O3S/c14-17(15,6-8-1-3-10-4-2-8)12-5-9-11-7-16-13-9/h7-8,10,12H,1-6H2. The van der Waals surface area contributed by atoms with Gasteiger partial charge in [0.2, 0.25) is 16.4 Å². The Morgan fingerprint density at radius 1 is 1.47 bits per heavy atom. The van der Waals surface area contributed by atoms with Gasteiger partial charge in [0, 0.05) is 0 Å². The second-order valence-electron chi connectivity index (χ2n) is 4.14. The summed E-state index contributed by atoms with van der Waals surface area (Å²) in [5.74, 6) is 0.755. The Labute approximate surface area is 100 Å². The highest BCUT2D eigenvalue weighted by molar-refractivity contribution is 7.89. The zero-order valence-electron chi connectivity index (χ0n) is 9.42. The third kappa shape index (κ3) is 4.06. The van der Waals surface area contributed by atoms with Gasteiger partial charge in [-0.15, -0.1) is 0 Å². The van der Waals surface area contributed by atoms with E-state index >= 15 is 0 Å². The van der Waals surface area contributed by atoms with E-state index in [2.05, 4.69) is 24.7 Å². The summed E-state index contributed by atoms with van der Waals surface area (Å²) in [5.41, 5.74) is 0. The summed E-state index contributed by atoms with van der Waals surface area (Å²) < 4.78 is 30.6. The molecule has 0 atom stereocenters. The van der Waals surface area contributed by atoms with Gasteiger partial charge in [0.25, 0.3) is 0 Å². The zero-order valence-corrected chi connectivity index (χ0v) is 10.2. The number of hydrogen-bond donors (Lipinski definition) is 2. The van der Waals surface area contributed by atoms with Gasteiger partial charge < -0.3 is 9.84 Å². The predicted octanol–water partition coefficient (Wildman–Crippen LogP) is -0.511. The monoisotopic (exact) mass is 260 g/mol. The summed E-state index contributed by atoms with van der Waals surface area (Å²) in [5, 5.41) is 6.75. The van der Waals surface area contributed by atoms with Crippen LogP contribution in [0.5, 0.6) is 0 Å². The van der Waals surface area contributed by atoms with Crippen LogP contribution < -0.4 is 10.0 Å². The third-order valence-electron chi connectivity index (χ3n) is 2.77. The van der Waals surface area contributed by atoms with Crippen molar-refractivity contribution in [2.45, 2.75) is 19.4 Å². The lowest BCUT2D eigenvalue weighted by molar-refractivity contribution is 0.399. The number of hydrogen-bond acceptors (Lipinski definition) is 6. The first kappa shape index (κ1) is 12.5. The molecule has 0 radical (unpaired) electrons. The minimum Gasteiger partial charge on any atom is -0.343 e. The van der Waals surface area contributed by atoms with E-state index in [4.69, 9.17) is 0 Å². The van der Waals surface area contributed by atoms with Crippen molar-refractivity contribution in [2.75, 3.05) is 18.8 Å². The molecular formula is C9H16N4O3S. The fourth-order valence-electron chi connectivity index (χ4n) is 1.86. The molecule has 0 saturated carbocycles. The molecule has 2 heterocycles. The molecule has 0 unspecified atom stereocenters. The van der Waals surface area contributed by atoms with E-state index in [-0.39, 0.29) is 18.2 Å². The van der Waals surface area contributed by atoms with Gasteiger partial charge >= 0.3 is 0 Å². The normalized spacial score (nSPS) is 18.4. The number of piperidine rings is 1.